The third-order valence-corrected chi connectivity index (χ3v) is 3.89. The summed E-state index contributed by atoms with van der Waals surface area (Å²) in [5, 5.41) is 8.81. The van der Waals surface area contributed by atoms with E-state index in [0.29, 0.717) is 0 Å². The zero-order chi connectivity index (χ0) is 10.6. The van der Waals surface area contributed by atoms with Crippen LogP contribution in [0.15, 0.2) is 12.2 Å². The van der Waals surface area contributed by atoms with E-state index in [4.69, 9.17) is 5.11 Å². The Hall–Kier alpha value is -1.16. The van der Waals surface area contributed by atoms with Crippen LogP contribution >= 0.6 is 0 Å². The summed E-state index contributed by atoms with van der Waals surface area (Å²) >= 11 is 0. The normalized spacial score (nSPS) is 41.8. The topological polar surface area (TPSA) is 57.6 Å². The summed E-state index contributed by atoms with van der Waals surface area (Å²) in [7, 11) is 0. The number of imide groups is 1. The van der Waals surface area contributed by atoms with Gasteiger partial charge >= 0.3 is 0 Å². The number of carbonyl (C=O) groups is 2. The Balaban J connectivity index is 1.93. The van der Waals surface area contributed by atoms with Gasteiger partial charge in [-0.25, -0.2) is 0 Å². The van der Waals surface area contributed by atoms with Crippen LogP contribution in [0.2, 0.25) is 0 Å². The first kappa shape index (κ1) is 9.09. The van der Waals surface area contributed by atoms with Crippen molar-refractivity contribution in [1.29, 1.82) is 0 Å². The molecule has 2 bridgehead atoms. The number of hydrogen-bond acceptors (Lipinski definition) is 3. The van der Waals surface area contributed by atoms with Crippen LogP contribution in [0.25, 0.3) is 0 Å². The molecule has 3 aliphatic rings. The minimum absolute atomic E-state index is 0.0732. The molecule has 4 heteroatoms. The van der Waals surface area contributed by atoms with E-state index < -0.39 is 0 Å². The van der Waals surface area contributed by atoms with Gasteiger partial charge in [-0.15, -0.1) is 0 Å². The van der Waals surface area contributed by atoms with Gasteiger partial charge in [0.25, 0.3) is 0 Å². The number of aliphatic hydroxyl groups is 1. The van der Waals surface area contributed by atoms with Crippen molar-refractivity contribution in [2.24, 2.45) is 23.7 Å². The second-order valence-electron chi connectivity index (χ2n) is 4.55. The van der Waals surface area contributed by atoms with Crippen molar-refractivity contribution in [1.82, 2.24) is 4.90 Å². The molecule has 3 rings (SSSR count). The highest BCUT2D eigenvalue weighted by Crippen LogP contribution is 2.52. The van der Waals surface area contributed by atoms with Gasteiger partial charge in [0.15, 0.2) is 0 Å². The predicted octanol–water partition coefficient (Wildman–Crippen LogP) is -0.214. The second-order valence-corrected chi connectivity index (χ2v) is 4.55. The first-order chi connectivity index (χ1) is 7.24. The predicted molar refractivity (Wildman–Crippen MR) is 51.5 cm³/mol. The fourth-order valence-corrected chi connectivity index (χ4v) is 3.28. The van der Waals surface area contributed by atoms with Gasteiger partial charge in [0.1, 0.15) is 0 Å². The van der Waals surface area contributed by atoms with Gasteiger partial charge in [-0.05, 0) is 18.3 Å². The number of aliphatic hydroxyl groups excluding tert-OH is 1. The number of carbonyl (C=O) groups excluding carboxylic acids is 2. The van der Waals surface area contributed by atoms with E-state index in [1.807, 2.05) is 0 Å². The molecule has 0 spiro atoms. The summed E-state index contributed by atoms with van der Waals surface area (Å²) in [6.45, 7) is 0.0176. The third-order valence-electron chi connectivity index (χ3n) is 3.89. The summed E-state index contributed by atoms with van der Waals surface area (Å²) in [6.07, 6.45) is 5.10. The van der Waals surface area contributed by atoms with E-state index in [-0.39, 0.29) is 48.6 Å². The molecule has 4 nitrogen and oxygen atoms in total. The molecule has 80 valence electrons. The number of amides is 2. The van der Waals surface area contributed by atoms with Crippen LogP contribution in [0.1, 0.15) is 6.42 Å². The molecule has 2 fully saturated rings. The highest BCUT2D eigenvalue weighted by molar-refractivity contribution is 6.06. The van der Waals surface area contributed by atoms with E-state index in [9.17, 15) is 9.59 Å². The van der Waals surface area contributed by atoms with Gasteiger partial charge in [0, 0.05) is 0 Å². The van der Waals surface area contributed by atoms with Crippen molar-refractivity contribution in [3.8, 4) is 0 Å². The third kappa shape index (κ3) is 1.00. The Bertz CT molecular complexity index is 333. The molecule has 1 saturated heterocycles. The molecule has 0 radical (unpaired) electrons. The van der Waals surface area contributed by atoms with E-state index in [1.165, 1.54) is 4.90 Å². The monoisotopic (exact) mass is 207 g/mol. The molecular formula is C11H13NO3. The summed E-state index contributed by atoms with van der Waals surface area (Å²) in [5.74, 6) is 0.130. The van der Waals surface area contributed by atoms with Crippen LogP contribution in [0, 0.1) is 23.7 Å². The average molecular weight is 207 g/mol. The molecule has 1 heterocycles. The summed E-state index contributed by atoms with van der Waals surface area (Å²) < 4.78 is 0. The van der Waals surface area contributed by atoms with Crippen LogP contribution in [-0.4, -0.2) is 35.0 Å². The van der Waals surface area contributed by atoms with Gasteiger partial charge in [-0.1, -0.05) is 12.2 Å². The molecule has 1 aliphatic heterocycles. The SMILES string of the molecule is O=C1[C@@H]2[C@@H](C(=O)N1CCO)[C@H]1C=C[C@H]2C1. The van der Waals surface area contributed by atoms with Crippen molar-refractivity contribution in [2.45, 2.75) is 6.42 Å². The van der Waals surface area contributed by atoms with Gasteiger partial charge in [-0.3, -0.25) is 14.5 Å². The number of likely N-dealkylation sites (tertiary alicyclic amines) is 1. The fourth-order valence-electron chi connectivity index (χ4n) is 3.28. The Labute approximate surface area is 87.6 Å². The quantitative estimate of drug-likeness (QED) is 0.503. The molecule has 2 amide bonds. The molecule has 0 aromatic rings. The molecule has 1 N–H and O–H groups in total. The molecule has 15 heavy (non-hydrogen) atoms. The van der Waals surface area contributed by atoms with E-state index >= 15 is 0 Å². The number of hydrogen-bond donors (Lipinski definition) is 1. The number of β-amino-alcohol motifs (C(OH)–C–C–N with tert-alkyl or cyclic N) is 1. The molecular weight excluding hydrogens is 194 g/mol. The first-order valence-corrected chi connectivity index (χ1v) is 5.38. The maximum Gasteiger partial charge on any atom is 0.233 e. The molecule has 0 aromatic carbocycles. The number of allylic oxidation sites excluding steroid dienone is 2. The Morgan fingerprint density at radius 2 is 1.73 bits per heavy atom. The summed E-state index contributed by atoms with van der Waals surface area (Å²) in [6, 6.07) is 0. The van der Waals surface area contributed by atoms with Gasteiger partial charge in [-0.2, -0.15) is 0 Å². The molecule has 4 atom stereocenters. The number of fused-ring (bicyclic) bond motifs is 5. The smallest absolute Gasteiger partial charge is 0.233 e. The van der Waals surface area contributed by atoms with Crippen molar-refractivity contribution >= 4 is 11.8 Å². The Morgan fingerprint density at radius 3 is 2.20 bits per heavy atom. The lowest BCUT2D eigenvalue weighted by Crippen LogP contribution is -2.35. The summed E-state index contributed by atoms with van der Waals surface area (Å²) in [5.41, 5.74) is 0. The van der Waals surface area contributed by atoms with Crippen molar-refractivity contribution in [3.05, 3.63) is 12.2 Å². The van der Waals surface area contributed by atoms with Gasteiger partial charge < -0.3 is 5.11 Å². The summed E-state index contributed by atoms with van der Waals surface area (Å²) in [4.78, 5) is 25.1. The van der Waals surface area contributed by atoms with E-state index in [2.05, 4.69) is 12.2 Å². The number of rotatable bonds is 2. The minimum Gasteiger partial charge on any atom is -0.395 e. The Morgan fingerprint density at radius 1 is 1.20 bits per heavy atom. The molecule has 2 aliphatic carbocycles. The van der Waals surface area contributed by atoms with Gasteiger partial charge in [0.2, 0.25) is 11.8 Å². The largest absolute Gasteiger partial charge is 0.395 e. The first-order valence-electron chi connectivity index (χ1n) is 5.38. The van der Waals surface area contributed by atoms with Crippen LogP contribution in [-0.2, 0) is 9.59 Å². The maximum atomic E-state index is 11.9. The zero-order valence-electron chi connectivity index (χ0n) is 8.30. The second kappa shape index (κ2) is 2.92. The number of nitrogens with zero attached hydrogens (tertiary/aromatic N) is 1. The molecule has 1 saturated carbocycles. The van der Waals surface area contributed by atoms with Crippen molar-refractivity contribution in [2.75, 3.05) is 13.2 Å². The lowest BCUT2D eigenvalue weighted by Gasteiger charge is -2.15. The average Bonchev–Trinajstić information content (AvgIpc) is 2.87. The Kier molecular flexibility index (Phi) is 1.77. The zero-order valence-corrected chi connectivity index (χ0v) is 8.30. The highest BCUT2D eigenvalue weighted by Gasteiger charge is 2.58. The van der Waals surface area contributed by atoms with Crippen molar-refractivity contribution < 1.29 is 14.7 Å². The molecule has 0 unspecified atom stereocenters. The van der Waals surface area contributed by atoms with E-state index in [1.54, 1.807) is 0 Å². The van der Waals surface area contributed by atoms with E-state index in [0.717, 1.165) is 6.42 Å². The lowest BCUT2D eigenvalue weighted by atomic mass is 9.85. The van der Waals surface area contributed by atoms with Crippen LogP contribution < -0.4 is 0 Å². The van der Waals surface area contributed by atoms with Gasteiger partial charge in [0.05, 0.1) is 25.0 Å². The van der Waals surface area contributed by atoms with Crippen LogP contribution in [0.3, 0.4) is 0 Å². The van der Waals surface area contributed by atoms with Crippen molar-refractivity contribution in [3.63, 3.8) is 0 Å². The molecule has 0 aromatic heterocycles. The maximum absolute atomic E-state index is 11.9. The minimum atomic E-state index is -0.139. The van der Waals surface area contributed by atoms with Crippen LogP contribution in [0.5, 0.6) is 0 Å². The fraction of sp³-hybridized carbons (Fsp3) is 0.636. The van der Waals surface area contributed by atoms with Crippen LogP contribution in [0.4, 0.5) is 0 Å². The standard InChI is InChI=1S/C11H13NO3/c13-4-3-12-10(14)8-6-1-2-7(5-6)9(8)11(12)15/h1-2,6-9,13H,3-5H2/t6-,7-,8-,9-/m0/s1. The lowest BCUT2D eigenvalue weighted by molar-refractivity contribution is -0.141. The highest BCUT2D eigenvalue weighted by atomic mass is 16.3.